The second-order valence-corrected chi connectivity index (χ2v) is 5.14. The van der Waals surface area contributed by atoms with Gasteiger partial charge in [-0.05, 0) is 35.6 Å². The van der Waals surface area contributed by atoms with Gasteiger partial charge in [0, 0.05) is 18.0 Å². The number of nitrogens with zero attached hydrogens (tertiary/aromatic N) is 3. The van der Waals surface area contributed by atoms with Crippen molar-refractivity contribution < 1.29 is 0 Å². The monoisotopic (exact) mass is 251 g/mol. The van der Waals surface area contributed by atoms with E-state index in [0.29, 0.717) is 5.15 Å². The largest absolute Gasteiger partial charge is 0.350 e. The van der Waals surface area contributed by atoms with E-state index < -0.39 is 0 Å². The molecule has 0 saturated heterocycles. The normalized spacial score (nSPS) is 14.9. The molecule has 3 rings (SSSR count). The van der Waals surface area contributed by atoms with E-state index in [-0.39, 0.29) is 0 Å². The third-order valence-corrected chi connectivity index (χ3v) is 3.97. The molecule has 5 heteroatoms. The molecule has 0 radical (unpaired) electrons. The number of hydrogen-bond donors (Lipinski definition) is 0. The van der Waals surface area contributed by atoms with Crippen LogP contribution >= 0.6 is 22.9 Å². The Morgan fingerprint density at radius 3 is 3.00 bits per heavy atom. The zero-order chi connectivity index (χ0) is 11.0. The van der Waals surface area contributed by atoms with Gasteiger partial charge >= 0.3 is 0 Å². The van der Waals surface area contributed by atoms with E-state index in [1.165, 1.54) is 10.4 Å². The van der Waals surface area contributed by atoms with Crippen LogP contribution in [0, 0.1) is 0 Å². The van der Waals surface area contributed by atoms with Crippen molar-refractivity contribution in [3.63, 3.8) is 0 Å². The number of rotatable bonds is 1. The SMILES string of the molecule is Clc1ccc(N2CCc3sccc3C2)nn1. The maximum atomic E-state index is 5.72. The summed E-state index contributed by atoms with van der Waals surface area (Å²) in [5.41, 5.74) is 1.41. The van der Waals surface area contributed by atoms with Gasteiger partial charge in [0.1, 0.15) is 0 Å². The fraction of sp³-hybridized carbons (Fsp3) is 0.273. The van der Waals surface area contributed by atoms with Crippen LogP contribution < -0.4 is 4.90 Å². The first-order valence-electron chi connectivity index (χ1n) is 5.12. The topological polar surface area (TPSA) is 29.0 Å². The van der Waals surface area contributed by atoms with E-state index in [1.54, 1.807) is 6.07 Å². The summed E-state index contributed by atoms with van der Waals surface area (Å²) in [6, 6.07) is 5.90. The molecule has 0 saturated carbocycles. The molecule has 0 aromatic carbocycles. The van der Waals surface area contributed by atoms with Crippen LogP contribution in [0.2, 0.25) is 5.15 Å². The van der Waals surface area contributed by atoms with Crippen LogP contribution in [-0.4, -0.2) is 16.7 Å². The van der Waals surface area contributed by atoms with E-state index in [4.69, 9.17) is 11.6 Å². The number of fused-ring (bicyclic) bond motifs is 1. The van der Waals surface area contributed by atoms with E-state index in [1.807, 2.05) is 17.4 Å². The molecule has 0 fully saturated rings. The molecule has 0 unspecified atom stereocenters. The Morgan fingerprint density at radius 1 is 1.25 bits per heavy atom. The van der Waals surface area contributed by atoms with Crippen molar-refractivity contribution in [2.45, 2.75) is 13.0 Å². The molecule has 1 aliphatic rings. The zero-order valence-corrected chi connectivity index (χ0v) is 10.1. The van der Waals surface area contributed by atoms with Gasteiger partial charge in [0.25, 0.3) is 0 Å². The quantitative estimate of drug-likeness (QED) is 0.781. The van der Waals surface area contributed by atoms with E-state index in [9.17, 15) is 0 Å². The summed E-state index contributed by atoms with van der Waals surface area (Å²) < 4.78 is 0. The van der Waals surface area contributed by atoms with Crippen LogP contribution in [-0.2, 0) is 13.0 Å². The van der Waals surface area contributed by atoms with Crippen LogP contribution in [0.25, 0.3) is 0 Å². The molecule has 0 N–H and O–H groups in total. The van der Waals surface area contributed by atoms with Crippen LogP contribution in [0.1, 0.15) is 10.4 Å². The first-order chi connectivity index (χ1) is 7.83. The van der Waals surface area contributed by atoms with Crippen molar-refractivity contribution in [1.29, 1.82) is 0 Å². The van der Waals surface area contributed by atoms with Crippen LogP contribution in [0.15, 0.2) is 23.6 Å². The highest BCUT2D eigenvalue weighted by molar-refractivity contribution is 7.10. The molecule has 2 aromatic rings. The van der Waals surface area contributed by atoms with Crippen molar-refractivity contribution in [2.75, 3.05) is 11.4 Å². The average Bonchev–Trinajstić information content (AvgIpc) is 2.77. The molecule has 0 aliphatic carbocycles. The van der Waals surface area contributed by atoms with Gasteiger partial charge in [0.15, 0.2) is 11.0 Å². The fourth-order valence-corrected chi connectivity index (χ4v) is 2.91. The van der Waals surface area contributed by atoms with Crippen molar-refractivity contribution in [2.24, 2.45) is 0 Å². The number of aromatic nitrogens is 2. The average molecular weight is 252 g/mol. The number of thiophene rings is 1. The molecule has 82 valence electrons. The number of halogens is 1. The summed E-state index contributed by atoms with van der Waals surface area (Å²) in [4.78, 5) is 3.73. The molecule has 0 bridgehead atoms. The summed E-state index contributed by atoms with van der Waals surface area (Å²) >= 11 is 7.56. The van der Waals surface area contributed by atoms with Gasteiger partial charge in [-0.15, -0.1) is 21.5 Å². The van der Waals surface area contributed by atoms with Crippen molar-refractivity contribution in [3.8, 4) is 0 Å². The standard InChI is InChI=1S/C11H10ClN3S/c12-10-1-2-11(14-13-10)15-5-3-9-8(7-15)4-6-16-9/h1-2,4,6H,3,5,7H2. The Morgan fingerprint density at radius 2 is 2.19 bits per heavy atom. The minimum atomic E-state index is 0.442. The maximum absolute atomic E-state index is 5.72. The molecule has 3 nitrogen and oxygen atoms in total. The second-order valence-electron chi connectivity index (χ2n) is 3.75. The summed E-state index contributed by atoms with van der Waals surface area (Å²) in [7, 11) is 0. The van der Waals surface area contributed by atoms with Gasteiger partial charge in [0.2, 0.25) is 0 Å². The van der Waals surface area contributed by atoms with Gasteiger partial charge in [-0.25, -0.2) is 0 Å². The lowest BCUT2D eigenvalue weighted by Gasteiger charge is -2.27. The minimum absolute atomic E-state index is 0.442. The smallest absolute Gasteiger partial charge is 0.151 e. The van der Waals surface area contributed by atoms with Gasteiger partial charge < -0.3 is 4.90 Å². The molecule has 3 heterocycles. The predicted molar refractivity (Wildman–Crippen MR) is 66.1 cm³/mol. The van der Waals surface area contributed by atoms with E-state index in [2.05, 4.69) is 26.5 Å². The molecular weight excluding hydrogens is 242 g/mol. The first-order valence-corrected chi connectivity index (χ1v) is 6.38. The highest BCUT2D eigenvalue weighted by Crippen LogP contribution is 2.26. The lowest BCUT2D eigenvalue weighted by Crippen LogP contribution is -2.30. The first kappa shape index (κ1) is 10.1. The zero-order valence-electron chi connectivity index (χ0n) is 8.56. The number of anilines is 1. The lowest BCUT2D eigenvalue weighted by atomic mass is 10.1. The number of hydrogen-bond acceptors (Lipinski definition) is 4. The minimum Gasteiger partial charge on any atom is -0.350 e. The molecular formula is C11H10ClN3S. The Balaban J connectivity index is 1.86. The molecule has 2 aromatic heterocycles. The van der Waals surface area contributed by atoms with Gasteiger partial charge in [-0.2, -0.15) is 0 Å². The summed E-state index contributed by atoms with van der Waals surface area (Å²) in [6.45, 7) is 1.93. The van der Waals surface area contributed by atoms with Crippen molar-refractivity contribution in [3.05, 3.63) is 39.2 Å². The van der Waals surface area contributed by atoms with Gasteiger partial charge in [0.05, 0.1) is 0 Å². The highest BCUT2D eigenvalue weighted by Gasteiger charge is 2.18. The predicted octanol–water partition coefficient (Wildman–Crippen LogP) is 2.75. The molecule has 0 spiro atoms. The summed E-state index contributed by atoms with van der Waals surface area (Å²) in [5.74, 6) is 0.904. The Hall–Kier alpha value is -1.13. The molecule has 0 amide bonds. The van der Waals surface area contributed by atoms with E-state index >= 15 is 0 Å². The fourth-order valence-electron chi connectivity index (χ4n) is 1.92. The van der Waals surface area contributed by atoms with Crippen molar-refractivity contribution in [1.82, 2.24) is 10.2 Å². The van der Waals surface area contributed by atoms with Crippen LogP contribution in [0.3, 0.4) is 0 Å². The third-order valence-electron chi connectivity index (χ3n) is 2.75. The Kier molecular flexibility index (Phi) is 2.53. The maximum Gasteiger partial charge on any atom is 0.151 e. The van der Waals surface area contributed by atoms with Crippen LogP contribution in [0.4, 0.5) is 5.82 Å². The summed E-state index contributed by atoms with van der Waals surface area (Å²) in [5, 5.41) is 10.6. The van der Waals surface area contributed by atoms with E-state index in [0.717, 1.165) is 25.3 Å². The Labute approximate surface area is 103 Å². The summed E-state index contributed by atoms with van der Waals surface area (Å²) in [6.07, 6.45) is 1.09. The third kappa shape index (κ3) is 1.79. The van der Waals surface area contributed by atoms with Gasteiger partial charge in [-0.1, -0.05) is 11.6 Å². The Bertz CT molecular complexity index is 494. The van der Waals surface area contributed by atoms with Gasteiger partial charge in [-0.3, -0.25) is 0 Å². The lowest BCUT2D eigenvalue weighted by molar-refractivity contribution is 0.723. The molecule has 0 atom stereocenters. The van der Waals surface area contributed by atoms with Crippen molar-refractivity contribution >= 4 is 28.8 Å². The molecule has 1 aliphatic heterocycles. The second kappa shape index (κ2) is 4.03. The molecule has 16 heavy (non-hydrogen) atoms. The van der Waals surface area contributed by atoms with Crippen LogP contribution in [0.5, 0.6) is 0 Å². The highest BCUT2D eigenvalue weighted by atomic mass is 35.5.